The molecule has 0 aromatic heterocycles. The van der Waals surface area contributed by atoms with Gasteiger partial charge in [-0.3, -0.25) is 9.69 Å². The van der Waals surface area contributed by atoms with Gasteiger partial charge in [0.1, 0.15) is 0 Å². The predicted molar refractivity (Wildman–Crippen MR) is 90.2 cm³/mol. The van der Waals surface area contributed by atoms with Crippen molar-refractivity contribution in [3.63, 3.8) is 0 Å². The lowest BCUT2D eigenvalue weighted by atomic mass is 10.1. The van der Waals surface area contributed by atoms with Crippen molar-refractivity contribution < 1.29 is 4.79 Å². The Labute approximate surface area is 132 Å². The summed E-state index contributed by atoms with van der Waals surface area (Å²) in [6, 6.07) is 20.5. The van der Waals surface area contributed by atoms with Crippen LogP contribution in [0.3, 0.4) is 0 Å². The first-order valence-electron chi connectivity index (χ1n) is 7.89. The third-order valence-corrected chi connectivity index (χ3v) is 4.14. The molecule has 3 rings (SSSR count). The second-order valence-corrected chi connectivity index (χ2v) is 5.80. The van der Waals surface area contributed by atoms with E-state index in [2.05, 4.69) is 34.1 Å². The Morgan fingerprint density at radius 3 is 2.05 bits per heavy atom. The molecule has 1 saturated heterocycles. The number of piperazine rings is 1. The highest BCUT2D eigenvalue weighted by Gasteiger charge is 2.19. The molecule has 2 aromatic rings. The monoisotopic (exact) mass is 294 g/mol. The molecule has 2 aromatic carbocycles. The maximum Gasteiger partial charge on any atom is 0.151 e. The van der Waals surface area contributed by atoms with Crippen LogP contribution in [0.4, 0.5) is 5.69 Å². The van der Waals surface area contributed by atoms with Crippen LogP contribution in [-0.2, 0) is 11.2 Å². The lowest BCUT2D eigenvalue weighted by Gasteiger charge is -2.35. The standard InChI is InChI=1S/C19H22N2O/c22-19(15-17-7-3-1-4-8-17)16-20-11-13-21(14-12-20)18-9-5-2-6-10-18/h1-10H,11-16H2. The molecule has 114 valence electrons. The van der Waals surface area contributed by atoms with Crippen molar-refractivity contribution in [1.82, 2.24) is 4.90 Å². The summed E-state index contributed by atoms with van der Waals surface area (Å²) in [6.07, 6.45) is 0.541. The highest BCUT2D eigenvalue weighted by atomic mass is 16.1. The highest BCUT2D eigenvalue weighted by molar-refractivity contribution is 5.82. The molecule has 1 fully saturated rings. The van der Waals surface area contributed by atoms with Crippen molar-refractivity contribution in [1.29, 1.82) is 0 Å². The van der Waals surface area contributed by atoms with Gasteiger partial charge in [0, 0.05) is 38.3 Å². The summed E-state index contributed by atoms with van der Waals surface area (Å²) in [7, 11) is 0. The number of para-hydroxylation sites is 1. The van der Waals surface area contributed by atoms with Gasteiger partial charge in [0.25, 0.3) is 0 Å². The molecular formula is C19H22N2O. The fraction of sp³-hybridized carbons (Fsp3) is 0.316. The van der Waals surface area contributed by atoms with Crippen molar-refractivity contribution in [3.8, 4) is 0 Å². The number of nitrogens with zero attached hydrogens (tertiary/aromatic N) is 2. The molecule has 1 aliphatic rings. The van der Waals surface area contributed by atoms with E-state index in [-0.39, 0.29) is 0 Å². The highest BCUT2D eigenvalue weighted by Crippen LogP contribution is 2.15. The van der Waals surface area contributed by atoms with Crippen molar-refractivity contribution in [2.24, 2.45) is 0 Å². The molecule has 0 spiro atoms. The van der Waals surface area contributed by atoms with Crippen molar-refractivity contribution >= 4 is 11.5 Å². The lowest BCUT2D eigenvalue weighted by Crippen LogP contribution is -2.48. The first-order chi connectivity index (χ1) is 10.8. The number of benzene rings is 2. The van der Waals surface area contributed by atoms with E-state index in [4.69, 9.17) is 0 Å². The SMILES string of the molecule is O=C(Cc1ccccc1)CN1CCN(c2ccccc2)CC1. The third kappa shape index (κ3) is 3.95. The average Bonchev–Trinajstić information content (AvgIpc) is 2.57. The largest absolute Gasteiger partial charge is 0.369 e. The summed E-state index contributed by atoms with van der Waals surface area (Å²) in [6.45, 7) is 4.45. The molecule has 1 heterocycles. The van der Waals surface area contributed by atoms with Gasteiger partial charge in [0.2, 0.25) is 0 Å². The van der Waals surface area contributed by atoms with E-state index >= 15 is 0 Å². The number of rotatable bonds is 5. The molecule has 0 aliphatic carbocycles. The normalized spacial score (nSPS) is 15.7. The maximum atomic E-state index is 12.2. The Morgan fingerprint density at radius 2 is 1.41 bits per heavy atom. The number of carbonyl (C=O) groups excluding carboxylic acids is 1. The average molecular weight is 294 g/mol. The summed E-state index contributed by atoms with van der Waals surface area (Å²) in [4.78, 5) is 16.8. The fourth-order valence-electron chi connectivity index (χ4n) is 2.93. The number of ketones is 1. The van der Waals surface area contributed by atoms with E-state index in [1.807, 2.05) is 36.4 Å². The molecule has 0 unspecified atom stereocenters. The van der Waals surface area contributed by atoms with Crippen molar-refractivity contribution in [3.05, 3.63) is 66.2 Å². The Morgan fingerprint density at radius 1 is 0.818 bits per heavy atom. The van der Waals surface area contributed by atoms with Crippen LogP contribution in [0.15, 0.2) is 60.7 Å². The predicted octanol–water partition coefficient (Wildman–Crippen LogP) is 2.62. The van der Waals surface area contributed by atoms with Gasteiger partial charge in [0.15, 0.2) is 5.78 Å². The molecule has 22 heavy (non-hydrogen) atoms. The minimum Gasteiger partial charge on any atom is -0.369 e. The van der Waals surface area contributed by atoms with Crippen LogP contribution in [0.2, 0.25) is 0 Å². The molecular weight excluding hydrogens is 272 g/mol. The first-order valence-corrected chi connectivity index (χ1v) is 7.89. The van der Waals surface area contributed by atoms with E-state index < -0.39 is 0 Å². The molecule has 0 radical (unpaired) electrons. The van der Waals surface area contributed by atoms with Crippen molar-refractivity contribution in [2.75, 3.05) is 37.6 Å². The Balaban J connectivity index is 1.47. The smallest absolute Gasteiger partial charge is 0.151 e. The lowest BCUT2D eigenvalue weighted by molar-refractivity contribution is -0.119. The summed E-state index contributed by atoms with van der Waals surface area (Å²) in [5.74, 6) is 0.305. The van der Waals surface area contributed by atoms with Gasteiger partial charge < -0.3 is 4.90 Å². The van der Waals surface area contributed by atoms with Gasteiger partial charge in [-0.15, -0.1) is 0 Å². The molecule has 0 amide bonds. The van der Waals surface area contributed by atoms with Crippen LogP contribution >= 0.6 is 0 Å². The van der Waals surface area contributed by atoms with E-state index in [0.717, 1.165) is 31.7 Å². The topological polar surface area (TPSA) is 23.6 Å². The number of hydrogen-bond acceptors (Lipinski definition) is 3. The Kier molecular flexibility index (Phi) is 4.86. The van der Waals surface area contributed by atoms with Crippen LogP contribution in [-0.4, -0.2) is 43.4 Å². The van der Waals surface area contributed by atoms with Gasteiger partial charge in [0.05, 0.1) is 6.54 Å². The van der Waals surface area contributed by atoms with E-state index in [0.29, 0.717) is 18.7 Å². The molecule has 0 N–H and O–H groups in total. The van der Waals surface area contributed by atoms with Gasteiger partial charge >= 0.3 is 0 Å². The molecule has 0 bridgehead atoms. The van der Waals surface area contributed by atoms with Gasteiger partial charge in [-0.05, 0) is 17.7 Å². The second kappa shape index (κ2) is 7.23. The first kappa shape index (κ1) is 14.8. The van der Waals surface area contributed by atoms with Crippen LogP contribution in [0, 0.1) is 0 Å². The minimum atomic E-state index is 0.305. The van der Waals surface area contributed by atoms with E-state index in [1.54, 1.807) is 0 Å². The molecule has 1 aliphatic heterocycles. The summed E-state index contributed by atoms with van der Waals surface area (Å²) in [5, 5.41) is 0. The van der Waals surface area contributed by atoms with Crippen LogP contribution in [0.5, 0.6) is 0 Å². The van der Waals surface area contributed by atoms with Crippen LogP contribution in [0.25, 0.3) is 0 Å². The Bertz CT molecular complexity index is 589. The maximum absolute atomic E-state index is 12.2. The van der Waals surface area contributed by atoms with Crippen LogP contribution in [0.1, 0.15) is 5.56 Å². The number of hydrogen-bond donors (Lipinski definition) is 0. The zero-order valence-electron chi connectivity index (χ0n) is 12.8. The zero-order chi connectivity index (χ0) is 15.2. The second-order valence-electron chi connectivity index (χ2n) is 5.80. The zero-order valence-corrected chi connectivity index (χ0v) is 12.8. The summed E-state index contributed by atoms with van der Waals surface area (Å²) >= 11 is 0. The summed E-state index contributed by atoms with van der Waals surface area (Å²) in [5.41, 5.74) is 2.38. The Hall–Kier alpha value is -2.13. The van der Waals surface area contributed by atoms with Crippen LogP contribution < -0.4 is 4.90 Å². The minimum absolute atomic E-state index is 0.305. The fourth-order valence-corrected chi connectivity index (χ4v) is 2.93. The quantitative estimate of drug-likeness (QED) is 0.847. The number of Topliss-reactive ketones (excluding diaryl/α,β-unsaturated/α-hetero) is 1. The van der Waals surface area contributed by atoms with Gasteiger partial charge in [-0.1, -0.05) is 48.5 Å². The number of carbonyl (C=O) groups is 1. The summed E-state index contributed by atoms with van der Waals surface area (Å²) < 4.78 is 0. The molecule has 3 heteroatoms. The van der Waals surface area contributed by atoms with Gasteiger partial charge in [-0.2, -0.15) is 0 Å². The molecule has 0 saturated carbocycles. The van der Waals surface area contributed by atoms with E-state index in [9.17, 15) is 4.79 Å². The van der Waals surface area contributed by atoms with Crippen molar-refractivity contribution in [2.45, 2.75) is 6.42 Å². The molecule has 3 nitrogen and oxygen atoms in total. The van der Waals surface area contributed by atoms with Gasteiger partial charge in [-0.25, -0.2) is 0 Å². The van der Waals surface area contributed by atoms with E-state index in [1.165, 1.54) is 5.69 Å². The third-order valence-electron chi connectivity index (χ3n) is 4.14. The number of anilines is 1. The molecule has 0 atom stereocenters.